The van der Waals surface area contributed by atoms with E-state index in [1.807, 2.05) is 13.0 Å². The molecule has 0 spiro atoms. The van der Waals surface area contributed by atoms with E-state index in [9.17, 15) is 5.11 Å². The Hall–Kier alpha value is -0.840. The van der Waals surface area contributed by atoms with E-state index in [1.165, 1.54) is 0 Å². The average Bonchev–Trinajstić information content (AvgIpc) is 2.27. The summed E-state index contributed by atoms with van der Waals surface area (Å²) in [6.45, 7) is 4.65. The molecule has 1 aliphatic heterocycles. The molecular weight excluding hydrogens is 238 g/mol. The highest BCUT2D eigenvalue weighted by Crippen LogP contribution is 2.18. The minimum Gasteiger partial charge on any atom is -0.506 e. The molecule has 4 nitrogen and oxygen atoms in total. The summed E-state index contributed by atoms with van der Waals surface area (Å²) in [6, 6.07) is 3.88. The zero-order valence-electron chi connectivity index (χ0n) is 10.1. The first-order valence-corrected chi connectivity index (χ1v) is 5.78. The molecule has 0 saturated carbocycles. The molecule has 0 atom stereocenters. The number of nitrogens with zero attached hydrogens (tertiary/aromatic N) is 2. The summed E-state index contributed by atoms with van der Waals surface area (Å²) in [6.07, 6.45) is 2.07. The maximum Gasteiger partial charge on any atom is 0.138 e. The SMILES string of the molecule is Cc1ccc(O)c(CN2CCC(N)CC2)n1.Cl. The molecule has 1 aromatic rings. The number of likely N-dealkylation sites (tertiary alicyclic amines) is 1. The second-order valence-corrected chi connectivity index (χ2v) is 4.53. The van der Waals surface area contributed by atoms with Gasteiger partial charge in [0.2, 0.25) is 0 Å². The lowest BCUT2D eigenvalue weighted by molar-refractivity contribution is 0.201. The van der Waals surface area contributed by atoms with Crippen molar-refractivity contribution >= 4 is 12.4 Å². The highest BCUT2D eigenvalue weighted by atomic mass is 35.5. The number of aromatic hydroxyl groups is 1. The van der Waals surface area contributed by atoms with Gasteiger partial charge < -0.3 is 10.8 Å². The fourth-order valence-corrected chi connectivity index (χ4v) is 2.04. The number of hydrogen-bond acceptors (Lipinski definition) is 4. The topological polar surface area (TPSA) is 62.4 Å². The van der Waals surface area contributed by atoms with Crippen molar-refractivity contribution in [2.75, 3.05) is 13.1 Å². The van der Waals surface area contributed by atoms with Crippen LogP contribution in [0.1, 0.15) is 24.2 Å². The molecule has 2 rings (SSSR count). The summed E-state index contributed by atoms with van der Waals surface area (Å²) in [5.41, 5.74) is 7.57. The van der Waals surface area contributed by atoms with Crippen LogP contribution >= 0.6 is 12.4 Å². The predicted molar refractivity (Wildman–Crippen MR) is 70.4 cm³/mol. The van der Waals surface area contributed by atoms with Crippen molar-refractivity contribution in [2.24, 2.45) is 5.73 Å². The van der Waals surface area contributed by atoms with Crippen molar-refractivity contribution in [3.8, 4) is 5.75 Å². The summed E-state index contributed by atoms with van der Waals surface area (Å²) in [5, 5.41) is 9.70. The first-order chi connectivity index (χ1) is 7.65. The van der Waals surface area contributed by atoms with Crippen molar-refractivity contribution in [3.05, 3.63) is 23.5 Å². The highest BCUT2D eigenvalue weighted by molar-refractivity contribution is 5.85. The van der Waals surface area contributed by atoms with Crippen LogP contribution in [0.15, 0.2) is 12.1 Å². The van der Waals surface area contributed by atoms with Crippen LogP contribution in [0.25, 0.3) is 0 Å². The van der Waals surface area contributed by atoms with Gasteiger partial charge in [0.15, 0.2) is 0 Å². The number of halogens is 1. The van der Waals surface area contributed by atoms with Crippen LogP contribution in [0.3, 0.4) is 0 Å². The van der Waals surface area contributed by atoms with Gasteiger partial charge in [0.05, 0.1) is 5.69 Å². The summed E-state index contributed by atoms with van der Waals surface area (Å²) >= 11 is 0. The molecule has 0 bridgehead atoms. The molecule has 0 amide bonds. The molecule has 0 unspecified atom stereocenters. The Bertz CT molecular complexity index is 365. The van der Waals surface area contributed by atoms with Crippen molar-refractivity contribution in [3.63, 3.8) is 0 Å². The Morgan fingerprint density at radius 1 is 1.41 bits per heavy atom. The minimum atomic E-state index is 0. The van der Waals surface area contributed by atoms with Gasteiger partial charge in [-0.2, -0.15) is 0 Å². The number of rotatable bonds is 2. The van der Waals surface area contributed by atoms with E-state index < -0.39 is 0 Å². The van der Waals surface area contributed by atoms with E-state index in [2.05, 4.69) is 9.88 Å². The minimum absolute atomic E-state index is 0. The van der Waals surface area contributed by atoms with E-state index >= 15 is 0 Å². The molecule has 96 valence electrons. The zero-order valence-corrected chi connectivity index (χ0v) is 10.9. The fraction of sp³-hybridized carbons (Fsp3) is 0.583. The molecule has 5 heteroatoms. The number of pyridine rings is 1. The monoisotopic (exact) mass is 257 g/mol. The molecule has 0 aliphatic carbocycles. The van der Waals surface area contributed by atoms with Gasteiger partial charge in [-0.05, 0) is 31.9 Å². The lowest BCUT2D eigenvalue weighted by Crippen LogP contribution is -2.39. The molecule has 3 N–H and O–H groups in total. The lowest BCUT2D eigenvalue weighted by atomic mass is 10.1. The molecule has 1 saturated heterocycles. The number of aromatic nitrogens is 1. The Labute approximate surface area is 108 Å². The van der Waals surface area contributed by atoms with Crippen LogP contribution in [0.4, 0.5) is 0 Å². The molecule has 1 fully saturated rings. The van der Waals surface area contributed by atoms with Crippen molar-refractivity contribution in [2.45, 2.75) is 32.4 Å². The van der Waals surface area contributed by atoms with E-state index in [-0.39, 0.29) is 12.4 Å². The smallest absolute Gasteiger partial charge is 0.138 e. The van der Waals surface area contributed by atoms with Crippen LogP contribution in [-0.4, -0.2) is 34.1 Å². The van der Waals surface area contributed by atoms with Gasteiger partial charge in [-0.25, -0.2) is 0 Å². The van der Waals surface area contributed by atoms with Crippen LogP contribution in [0, 0.1) is 6.92 Å². The number of hydrogen-bond donors (Lipinski definition) is 2. The van der Waals surface area contributed by atoms with Crippen molar-refractivity contribution < 1.29 is 5.11 Å². The largest absolute Gasteiger partial charge is 0.506 e. The first kappa shape index (κ1) is 14.2. The van der Waals surface area contributed by atoms with E-state index in [1.54, 1.807) is 6.07 Å². The zero-order chi connectivity index (χ0) is 11.5. The van der Waals surface area contributed by atoms with Gasteiger partial charge in [-0.15, -0.1) is 12.4 Å². The molecule has 1 aliphatic rings. The van der Waals surface area contributed by atoms with Crippen LogP contribution in [0.5, 0.6) is 5.75 Å². The van der Waals surface area contributed by atoms with Crippen LogP contribution in [-0.2, 0) is 6.54 Å². The summed E-state index contributed by atoms with van der Waals surface area (Å²) in [7, 11) is 0. The second kappa shape index (κ2) is 6.19. The number of aryl methyl sites for hydroxylation is 1. The Kier molecular flexibility index (Phi) is 5.18. The summed E-state index contributed by atoms with van der Waals surface area (Å²) in [4.78, 5) is 6.66. The first-order valence-electron chi connectivity index (χ1n) is 5.78. The van der Waals surface area contributed by atoms with Crippen molar-refractivity contribution in [1.29, 1.82) is 0 Å². The average molecular weight is 258 g/mol. The quantitative estimate of drug-likeness (QED) is 0.842. The fourth-order valence-electron chi connectivity index (χ4n) is 2.04. The second-order valence-electron chi connectivity index (χ2n) is 4.53. The van der Waals surface area contributed by atoms with E-state index in [0.717, 1.165) is 43.9 Å². The molecule has 17 heavy (non-hydrogen) atoms. The van der Waals surface area contributed by atoms with Crippen molar-refractivity contribution in [1.82, 2.24) is 9.88 Å². The Morgan fingerprint density at radius 3 is 2.71 bits per heavy atom. The molecule has 0 radical (unpaired) electrons. The molecule has 1 aromatic heterocycles. The Morgan fingerprint density at radius 2 is 2.06 bits per heavy atom. The third-order valence-electron chi connectivity index (χ3n) is 3.09. The Balaban J connectivity index is 0.00000144. The lowest BCUT2D eigenvalue weighted by Gasteiger charge is -2.29. The van der Waals surface area contributed by atoms with Crippen LogP contribution < -0.4 is 5.73 Å². The van der Waals surface area contributed by atoms with Gasteiger partial charge in [0.1, 0.15) is 5.75 Å². The summed E-state index contributed by atoms with van der Waals surface area (Å²) in [5.74, 6) is 0.292. The van der Waals surface area contributed by atoms with Gasteiger partial charge >= 0.3 is 0 Å². The van der Waals surface area contributed by atoms with E-state index in [4.69, 9.17) is 5.73 Å². The summed E-state index contributed by atoms with van der Waals surface area (Å²) < 4.78 is 0. The third kappa shape index (κ3) is 3.84. The van der Waals surface area contributed by atoms with Gasteiger partial charge in [-0.1, -0.05) is 0 Å². The van der Waals surface area contributed by atoms with Gasteiger partial charge in [0.25, 0.3) is 0 Å². The van der Waals surface area contributed by atoms with Gasteiger partial charge in [0, 0.05) is 31.4 Å². The number of nitrogens with two attached hydrogens (primary N) is 1. The maximum atomic E-state index is 9.70. The molecular formula is C12H20ClN3O. The van der Waals surface area contributed by atoms with Crippen LogP contribution in [0.2, 0.25) is 0 Å². The maximum absolute atomic E-state index is 9.70. The molecule has 0 aromatic carbocycles. The number of piperidine rings is 1. The van der Waals surface area contributed by atoms with E-state index in [0.29, 0.717) is 11.8 Å². The molecule has 2 heterocycles. The standard InChI is InChI=1S/C12H19N3O.ClH/c1-9-2-3-12(16)11(14-9)8-15-6-4-10(13)5-7-15;/h2-3,10,16H,4-8,13H2,1H3;1H. The predicted octanol–water partition coefficient (Wildman–Crippen LogP) is 1.44. The normalized spacial score (nSPS) is 17.8. The highest BCUT2D eigenvalue weighted by Gasteiger charge is 2.17. The third-order valence-corrected chi connectivity index (χ3v) is 3.09. The van der Waals surface area contributed by atoms with Gasteiger partial charge in [-0.3, -0.25) is 9.88 Å².